The predicted molar refractivity (Wildman–Crippen MR) is 154 cm³/mol. The predicted octanol–water partition coefficient (Wildman–Crippen LogP) is 8.85. The largest absolute Gasteiger partial charge is 0.457 e. The summed E-state index contributed by atoms with van der Waals surface area (Å²) in [6.45, 7) is 0. The van der Waals surface area contributed by atoms with Gasteiger partial charge in [0.15, 0.2) is 0 Å². The summed E-state index contributed by atoms with van der Waals surface area (Å²) in [5, 5.41) is 0. The number of rotatable bonds is 5. The van der Waals surface area contributed by atoms with E-state index in [0.29, 0.717) is 11.3 Å². The zero-order valence-electron chi connectivity index (χ0n) is 19.8. The monoisotopic (exact) mass is 543 g/mol. The van der Waals surface area contributed by atoms with Gasteiger partial charge >= 0.3 is 0 Å². The Morgan fingerprint density at radius 1 is 0.622 bits per heavy atom. The highest BCUT2D eigenvalue weighted by molar-refractivity contribution is 9.10. The minimum atomic E-state index is -0.0899. The number of carbonyl (C=O) groups is 1. The summed E-state index contributed by atoms with van der Waals surface area (Å²) >= 11 is 3.46. The standard InChI is InChI=1S/C33H22BrNO2/c34-28-15-11-26(12-16-28)32-20-19-30(37-32)21-27-22-31(25-9-5-2-6-10-25)35(33(27)36)29-17-13-24(14-18-29)23-7-3-1-4-8-23/h1-22H/b27-21+. The van der Waals surface area contributed by atoms with E-state index in [1.165, 1.54) is 0 Å². The molecule has 37 heavy (non-hydrogen) atoms. The molecule has 6 rings (SSSR count). The highest BCUT2D eigenvalue weighted by atomic mass is 79.9. The van der Waals surface area contributed by atoms with Crippen LogP contribution in [-0.4, -0.2) is 5.91 Å². The summed E-state index contributed by atoms with van der Waals surface area (Å²) in [5.41, 5.74) is 6.42. The van der Waals surface area contributed by atoms with Gasteiger partial charge in [0.05, 0.1) is 5.70 Å². The Labute approximate surface area is 224 Å². The Balaban J connectivity index is 1.35. The van der Waals surface area contributed by atoms with Crippen LogP contribution in [0.1, 0.15) is 11.3 Å². The van der Waals surface area contributed by atoms with Crippen molar-refractivity contribution in [3.8, 4) is 22.5 Å². The zero-order valence-corrected chi connectivity index (χ0v) is 21.4. The first-order valence-electron chi connectivity index (χ1n) is 12.0. The molecule has 0 aliphatic carbocycles. The molecule has 1 aliphatic heterocycles. The first-order chi connectivity index (χ1) is 18.2. The number of hydrogen-bond donors (Lipinski definition) is 0. The maximum Gasteiger partial charge on any atom is 0.263 e. The molecule has 4 heteroatoms. The lowest BCUT2D eigenvalue weighted by atomic mass is 10.0. The summed E-state index contributed by atoms with van der Waals surface area (Å²) in [5.74, 6) is 1.30. The van der Waals surface area contributed by atoms with Gasteiger partial charge in [-0.25, -0.2) is 0 Å². The molecular weight excluding hydrogens is 522 g/mol. The maximum atomic E-state index is 13.7. The molecule has 0 fully saturated rings. The first kappa shape index (κ1) is 23.0. The van der Waals surface area contributed by atoms with Crippen LogP contribution in [0.25, 0.3) is 34.2 Å². The van der Waals surface area contributed by atoms with Crippen LogP contribution < -0.4 is 4.90 Å². The second-order valence-corrected chi connectivity index (χ2v) is 9.67. The van der Waals surface area contributed by atoms with Gasteiger partial charge in [0, 0.05) is 21.3 Å². The van der Waals surface area contributed by atoms with Crippen LogP contribution in [0.2, 0.25) is 0 Å². The number of amides is 1. The summed E-state index contributed by atoms with van der Waals surface area (Å²) in [7, 11) is 0. The lowest BCUT2D eigenvalue weighted by Gasteiger charge is -2.21. The smallest absolute Gasteiger partial charge is 0.263 e. The van der Waals surface area contributed by atoms with Crippen molar-refractivity contribution in [1.29, 1.82) is 0 Å². The number of benzene rings is 4. The number of furan rings is 1. The van der Waals surface area contributed by atoms with E-state index in [-0.39, 0.29) is 5.91 Å². The van der Waals surface area contributed by atoms with Crippen LogP contribution in [0, 0.1) is 0 Å². The Kier molecular flexibility index (Phi) is 6.17. The van der Waals surface area contributed by atoms with Crippen molar-refractivity contribution in [3.63, 3.8) is 0 Å². The van der Waals surface area contributed by atoms with Crippen LogP contribution >= 0.6 is 15.9 Å². The molecular formula is C33H22BrNO2. The normalized spacial score (nSPS) is 14.3. The molecule has 0 unspecified atom stereocenters. The molecule has 1 aromatic heterocycles. The van der Waals surface area contributed by atoms with Crippen LogP contribution in [0.15, 0.2) is 142 Å². The summed E-state index contributed by atoms with van der Waals surface area (Å²) in [6, 6.07) is 40.1. The second-order valence-electron chi connectivity index (χ2n) is 8.76. The third kappa shape index (κ3) is 4.72. The molecule has 3 nitrogen and oxygen atoms in total. The van der Waals surface area contributed by atoms with Crippen molar-refractivity contribution >= 4 is 39.3 Å². The Morgan fingerprint density at radius 3 is 1.89 bits per heavy atom. The number of anilines is 1. The fraction of sp³-hybridized carbons (Fsp3) is 0. The van der Waals surface area contributed by atoms with Gasteiger partial charge in [0.25, 0.3) is 5.91 Å². The molecule has 1 amide bonds. The number of halogens is 1. The van der Waals surface area contributed by atoms with E-state index in [4.69, 9.17) is 4.42 Å². The van der Waals surface area contributed by atoms with Crippen LogP contribution in [-0.2, 0) is 4.79 Å². The van der Waals surface area contributed by atoms with Gasteiger partial charge in [-0.05, 0) is 65.2 Å². The third-order valence-electron chi connectivity index (χ3n) is 6.34. The number of carbonyl (C=O) groups excluding carboxylic acids is 1. The van der Waals surface area contributed by atoms with E-state index in [9.17, 15) is 4.79 Å². The van der Waals surface area contributed by atoms with E-state index >= 15 is 0 Å². The molecule has 0 N–H and O–H groups in total. The summed E-state index contributed by atoms with van der Waals surface area (Å²) < 4.78 is 7.09. The Morgan fingerprint density at radius 2 is 1.22 bits per heavy atom. The van der Waals surface area contributed by atoms with E-state index < -0.39 is 0 Å². The highest BCUT2D eigenvalue weighted by Crippen LogP contribution is 2.36. The van der Waals surface area contributed by atoms with E-state index in [1.54, 1.807) is 4.90 Å². The molecule has 0 saturated carbocycles. The average molecular weight is 544 g/mol. The topological polar surface area (TPSA) is 33.5 Å². The van der Waals surface area contributed by atoms with Crippen molar-refractivity contribution in [1.82, 2.24) is 0 Å². The average Bonchev–Trinajstić information content (AvgIpc) is 3.55. The first-order valence-corrected chi connectivity index (χ1v) is 12.8. The number of hydrogen-bond acceptors (Lipinski definition) is 2. The molecule has 5 aromatic rings. The molecule has 178 valence electrons. The third-order valence-corrected chi connectivity index (χ3v) is 6.87. The fourth-order valence-corrected chi connectivity index (χ4v) is 4.74. The molecule has 0 atom stereocenters. The van der Waals surface area contributed by atoms with Crippen molar-refractivity contribution in [2.75, 3.05) is 4.90 Å². The minimum absolute atomic E-state index is 0.0899. The number of nitrogens with zero attached hydrogens (tertiary/aromatic N) is 1. The van der Waals surface area contributed by atoms with E-state index in [1.807, 2.05) is 109 Å². The Bertz CT molecular complexity index is 1610. The van der Waals surface area contributed by atoms with Gasteiger partial charge in [-0.15, -0.1) is 0 Å². The highest BCUT2D eigenvalue weighted by Gasteiger charge is 2.30. The molecule has 0 saturated heterocycles. The van der Waals surface area contributed by atoms with Crippen molar-refractivity contribution in [2.24, 2.45) is 0 Å². The lowest BCUT2D eigenvalue weighted by molar-refractivity contribution is -0.113. The van der Waals surface area contributed by atoms with Gasteiger partial charge in [-0.1, -0.05) is 101 Å². The summed E-state index contributed by atoms with van der Waals surface area (Å²) in [6.07, 6.45) is 3.75. The van der Waals surface area contributed by atoms with Crippen LogP contribution in [0.5, 0.6) is 0 Å². The summed E-state index contributed by atoms with van der Waals surface area (Å²) in [4.78, 5) is 15.5. The molecule has 0 bridgehead atoms. The van der Waals surface area contributed by atoms with Crippen molar-refractivity contribution in [3.05, 3.63) is 149 Å². The zero-order chi connectivity index (χ0) is 25.2. The second kappa shape index (κ2) is 9.92. The molecule has 1 aliphatic rings. The molecule has 0 radical (unpaired) electrons. The van der Waals surface area contributed by atoms with E-state index in [2.05, 4.69) is 40.2 Å². The Hall–Kier alpha value is -4.41. The van der Waals surface area contributed by atoms with E-state index in [0.717, 1.165) is 43.9 Å². The molecule has 4 aromatic carbocycles. The minimum Gasteiger partial charge on any atom is -0.457 e. The molecule has 2 heterocycles. The van der Waals surface area contributed by atoms with Gasteiger partial charge in [0.2, 0.25) is 0 Å². The van der Waals surface area contributed by atoms with Gasteiger partial charge < -0.3 is 4.42 Å². The van der Waals surface area contributed by atoms with Gasteiger partial charge in [-0.3, -0.25) is 9.69 Å². The van der Waals surface area contributed by atoms with Crippen LogP contribution in [0.3, 0.4) is 0 Å². The van der Waals surface area contributed by atoms with Crippen molar-refractivity contribution < 1.29 is 9.21 Å². The SMILES string of the molecule is O=C1/C(=C/c2ccc(-c3ccc(Br)cc3)o2)C=C(c2ccccc2)N1c1ccc(-c2ccccc2)cc1. The quantitative estimate of drug-likeness (QED) is 0.207. The van der Waals surface area contributed by atoms with Gasteiger partial charge in [-0.2, -0.15) is 0 Å². The molecule has 0 spiro atoms. The lowest BCUT2D eigenvalue weighted by Crippen LogP contribution is -2.24. The van der Waals surface area contributed by atoms with Crippen molar-refractivity contribution in [2.45, 2.75) is 0 Å². The van der Waals surface area contributed by atoms with Crippen LogP contribution in [0.4, 0.5) is 5.69 Å². The maximum absolute atomic E-state index is 13.7. The fourth-order valence-electron chi connectivity index (χ4n) is 4.48. The van der Waals surface area contributed by atoms with Gasteiger partial charge in [0.1, 0.15) is 11.5 Å².